The van der Waals surface area contributed by atoms with E-state index in [1.807, 2.05) is 60.1 Å². The fraction of sp³-hybridized carbons (Fsp3) is 0.222. The number of nitrogens with one attached hydrogen (secondary N) is 1. The molecule has 0 aliphatic heterocycles. The first-order valence-electron chi connectivity index (χ1n) is 7.66. The van der Waals surface area contributed by atoms with E-state index in [2.05, 4.69) is 10.3 Å². The monoisotopic (exact) mass is 341 g/mol. The van der Waals surface area contributed by atoms with Crippen LogP contribution >= 0.6 is 0 Å². The van der Waals surface area contributed by atoms with Gasteiger partial charge >= 0.3 is 0 Å². The molecule has 5 nitrogen and oxygen atoms in total. The number of pyridine rings is 1. The van der Waals surface area contributed by atoms with Crippen LogP contribution in [0.5, 0.6) is 0 Å². The molecule has 24 heavy (non-hydrogen) atoms. The Kier molecular flexibility index (Phi) is 4.76. The number of carbonyl (C=O) groups excluding carboxylic acids is 1. The summed E-state index contributed by atoms with van der Waals surface area (Å²) in [5, 5.41) is 2.74. The van der Waals surface area contributed by atoms with Crippen LogP contribution < -0.4 is 5.32 Å². The molecule has 3 aromatic rings. The summed E-state index contributed by atoms with van der Waals surface area (Å²) >= 11 is 0. The molecule has 3 rings (SSSR count). The number of anilines is 1. The Balaban J connectivity index is 1.70. The largest absolute Gasteiger partial charge is 0.326 e. The Morgan fingerprint density at radius 3 is 2.83 bits per heavy atom. The quantitative estimate of drug-likeness (QED) is 0.776. The highest BCUT2D eigenvalue weighted by atomic mass is 32.2. The van der Waals surface area contributed by atoms with Crippen LogP contribution in [0.3, 0.4) is 0 Å². The van der Waals surface area contributed by atoms with Crippen LogP contribution in [0.25, 0.3) is 5.65 Å². The van der Waals surface area contributed by atoms with Gasteiger partial charge in [-0.3, -0.25) is 9.00 Å². The molecule has 1 amide bonds. The minimum Gasteiger partial charge on any atom is -0.326 e. The SMILES string of the molecule is CC(=O)Nc1cccc(C[S@](=O)Cc2cn3cccc(C)c3n2)c1. The molecular formula is C18H19N3O2S. The minimum absolute atomic E-state index is 0.117. The second kappa shape index (κ2) is 6.97. The molecule has 2 aromatic heterocycles. The molecule has 0 fully saturated rings. The molecule has 1 N–H and O–H groups in total. The molecule has 1 atom stereocenters. The molecule has 0 aliphatic rings. The number of hydrogen-bond donors (Lipinski definition) is 1. The Morgan fingerprint density at radius 2 is 2.08 bits per heavy atom. The number of hydrogen-bond acceptors (Lipinski definition) is 3. The predicted octanol–water partition coefficient (Wildman–Crippen LogP) is 3.05. The lowest BCUT2D eigenvalue weighted by Crippen LogP contribution is -2.06. The van der Waals surface area contributed by atoms with Crippen molar-refractivity contribution in [2.24, 2.45) is 0 Å². The van der Waals surface area contributed by atoms with E-state index in [0.29, 0.717) is 11.5 Å². The number of carbonyl (C=O) groups is 1. The summed E-state index contributed by atoms with van der Waals surface area (Å²) in [7, 11) is -1.06. The normalized spacial score (nSPS) is 12.2. The van der Waals surface area contributed by atoms with Gasteiger partial charge in [0.25, 0.3) is 0 Å². The van der Waals surface area contributed by atoms with Crippen LogP contribution in [-0.4, -0.2) is 19.5 Å². The summed E-state index contributed by atoms with van der Waals surface area (Å²) < 4.78 is 14.4. The highest BCUT2D eigenvalue weighted by molar-refractivity contribution is 7.83. The average Bonchev–Trinajstić information content (AvgIpc) is 2.90. The number of aromatic nitrogens is 2. The molecule has 0 unspecified atom stereocenters. The molecule has 6 heteroatoms. The van der Waals surface area contributed by atoms with Crippen LogP contribution in [0.2, 0.25) is 0 Å². The number of aryl methyl sites for hydroxylation is 1. The Labute approximate surface area is 143 Å². The van der Waals surface area contributed by atoms with Gasteiger partial charge in [0.05, 0.1) is 11.4 Å². The number of nitrogens with zero attached hydrogens (tertiary/aromatic N) is 2. The molecule has 0 aliphatic carbocycles. The van der Waals surface area contributed by atoms with E-state index in [4.69, 9.17) is 0 Å². The predicted molar refractivity (Wildman–Crippen MR) is 96.2 cm³/mol. The highest BCUT2D eigenvalue weighted by Gasteiger charge is 2.09. The first-order valence-corrected chi connectivity index (χ1v) is 9.15. The summed E-state index contributed by atoms with van der Waals surface area (Å²) in [6.07, 6.45) is 3.87. The van der Waals surface area contributed by atoms with Crippen LogP contribution in [0.4, 0.5) is 5.69 Å². The first-order chi connectivity index (χ1) is 11.5. The molecule has 0 spiro atoms. The lowest BCUT2D eigenvalue weighted by atomic mass is 10.2. The third-order valence-electron chi connectivity index (χ3n) is 3.61. The van der Waals surface area contributed by atoms with Crippen molar-refractivity contribution in [3.63, 3.8) is 0 Å². The lowest BCUT2D eigenvalue weighted by molar-refractivity contribution is -0.114. The van der Waals surface area contributed by atoms with Crippen molar-refractivity contribution in [2.75, 3.05) is 5.32 Å². The van der Waals surface area contributed by atoms with Gasteiger partial charge in [0.2, 0.25) is 5.91 Å². The van der Waals surface area contributed by atoms with Gasteiger partial charge in [0.1, 0.15) is 5.65 Å². The molecular weight excluding hydrogens is 322 g/mol. The number of fused-ring (bicyclic) bond motifs is 1. The van der Waals surface area contributed by atoms with Crippen molar-refractivity contribution in [1.29, 1.82) is 0 Å². The molecule has 1 aromatic carbocycles. The van der Waals surface area contributed by atoms with E-state index in [9.17, 15) is 9.00 Å². The Morgan fingerprint density at radius 1 is 1.25 bits per heavy atom. The second-order valence-electron chi connectivity index (χ2n) is 5.76. The molecule has 124 valence electrons. The number of amides is 1. The maximum atomic E-state index is 12.5. The van der Waals surface area contributed by atoms with Gasteiger partial charge in [-0.25, -0.2) is 4.98 Å². The zero-order valence-electron chi connectivity index (χ0n) is 13.7. The van der Waals surface area contributed by atoms with Crippen molar-refractivity contribution in [3.8, 4) is 0 Å². The highest BCUT2D eigenvalue weighted by Crippen LogP contribution is 2.15. The standard InChI is InChI=1S/C18H19N3O2S/c1-13-5-4-8-21-10-17(20-18(13)21)12-24(23)11-15-6-3-7-16(9-15)19-14(2)22/h3-10H,11-12H2,1-2H3,(H,19,22)/t24-/m0/s1. The van der Waals surface area contributed by atoms with E-state index in [-0.39, 0.29) is 5.91 Å². The molecule has 0 bridgehead atoms. The Hall–Kier alpha value is -2.47. The van der Waals surface area contributed by atoms with Crippen molar-refractivity contribution < 1.29 is 9.00 Å². The van der Waals surface area contributed by atoms with Crippen LogP contribution in [0, 0.1) is 6.92 Å². The smallest absolute Gasteiger partial charge is 0.221 e. The summed E-state index contributed by atoms with van der Waals surface area (Å²) in [6.45, 7) is 3.48. The summed E-state index contributed by atoms with van der Waals surface area (Å²) in [6, 6.07) is 11.4. The van der Waals surface area contributed by atoms with E-state index in [0.717, 1.165) is 28.2 Å². The van der Waals surface area contributed by atoms with Crippen molar-refractivity contribution >= 4 is 28.0 Å². The third kappa shape index (κ3) is 3.89. The average molecular weight is 341 g/mol. The van der Waals surface area contributed by atoms with Gasteiger partial charge in [-0.2, -0.15) is 0 Å². The fourth-order valence-corrected chi connectivity index (χ4v) is 3.74. The topological polar surface area (TPSA) is 63.5 Å². The molecule has 2 heterocycles. The Bertz CT molecular complexity index is 918. The van der Waals surface area contributed by atoms with Gasteiger partial charge < -0.3 is 9.72 Å². The van der Waals surface area contributed by atoms with Crippen LogP contribution in [0.15, 0.2) is 48.8 Å². The van der Waals surface area contributed by atoms with Gasteiger partial charge in [-0.1, -0.05) is 18.2 Å². The zero-order chi connectivity index (χ0) is 17.1. The zero-order valence-corrected chi connectivity index (χ0v) is 14.5. The second-order valence-corrected chi connectivity index (χ2v) is 7.22. The van der Waals surface area contributed by atoms with E-state index in [1.165, 1.54) is 6.92 Å². The number of rotatable bonds is 5. The van der Waals surface area contributed by atoms with Gasteiger partial charge in [0.15, 0.2) is 0 Å². The summed E-state index contributed by atoms with van der Waals surface area (Å²) in [4.78, 5) is 15.7. The van der Waals surface area contributed by atoms with Gasteiger partial charge in [-0.15, -0.1) is 0 Å². The van der Waals surface area contributed by atoms with Gasteiger partial charge in [-0.05, 0) is 36.2 Å². The number of imidazole rings is 1. The maximum Gasteiger partial charge on any atom is 0.221 e. The van der Waals surface area contributed by atoms with Gasteiger partial charge in [0, 0.05) is 41.6 Å². The van der Waals surface area contributed by atoms with E-state index < -0.39 is 10.8 Å². The number of benzene rings is 1. The van der Waals surface area contributed by atoms with E-state index >= 15 is 0 Å². The minimum atomic E-state index is -1.06. The van der Waals surface area contributed by atoms with Crippen molar-refractivity contribution in [3.05, 3.63) is 65.6 Å². The summed E-state index contributed by atoms with van der Waals surface area (Å²) in [5.41, 5.74) is 4.47. The lowest BCUT2D eigenvalue weighted by Gasteiger charge is -2.05. The van der Waals surface area contributed by atoms with E-state index in [1.54, 1.807) is 0 Å². The fourth-order valence-electron chi connectivity index (χ4n) is 2.62. The first kappa shape index (κ1) is 16.4. The molecule has 0 saturated carbocycles. The molecule has 0 saturated heterocycles. The van der Waals surface area contributed by atoms with Crippen molar-refractivity contribution in [2.45, 2.75) is 25.4 Å². The van der Waals surface area contributed by atoms with Crippen LogP contribution in [-0.2, 0) is 27.1 Å². The maximum absolute atomic E-state index is 12.5. The summed E-state index contributed by atoms with van der Waals surface area (Å²) in [5.74, 6) is 0.722. The third-order valence-corrected chi connectivity index (χ3v) is 4.88. The van der Waals surface area contributed by atoms with Crippen molar-refractivity contribution in [1.82, 2.24) is 9.38 Å². The van der Waals surface area contributed by atoms with Crippen LogP contribution in [0.1, 0.15) is 23.7 Å². The molecule has 0 radical (unpaired) electrons.